The predicted octanol–water partition coefficient (Wildman–Crippen LogP) is 4.12. The molecule has 0 saturated carbocycles. The lowest BCUT2D eigenvalue weighted by atomic mass is 10.1. The first-order valence-electron chi connectivity index (χ1n) is 9.35. The number of carbonyl (C=O) groups is 2. The van der Waals surface area contributed by atoms with Gasteiger partial charge in [-0.05, 0) is 49.7 Å². The summed E-state index contributed by atoms with van der Waals surface area (Å²) >= 11 is 0. The highest BCUT2D eigenvalue weighted by Gasteiger charge is 2.30. The number of carbonyl (C=O) groups excluding carboxylic acids is 2. The second-order valence-electron chi connectivity index (χ2n) is 7.11. The van der Waals surface area contributed by atoms with E-state index in [1.54, 1.807) is 26.8 Å². The third-order valence-electron chi connectivity index (χ3n) is 4.14. The first-order valence-corrected chi connectivity index (χ1v) is 9.35. The average Bonchev–Trinajstić information content (AvgIpc) is 2.64. The second kappa shape index (κ2) is 9.60. The van der Waals surface area contributed by atoms with Crippen molar-refractivity contribution in [3.05, 3.63) is 52.7 Å². The van der Waals surface area contributed by atoms with E-state index in [4.69, 9.17) is 4.74 Å². The Morgan fingerprint density at radius 2 is 1.83 bits per heavy atom. The lowest BCUT2D eigenvalue weighted by Gasteiger charge is -2.13. The molecule has 9 heteroatoms. The molecule has 0 fully saturated rings. The van der Waals surface area contributed by atoms with E-state index in [0.717, 1.165) is 12.1 Å². The molecule has 0 unspecified atom stereocenters. The molecule has 2 rings (SSSR count). The molecule has 6 nitrogen and oxygen atoms in total. The Labute approximate surface area is 172 Å². The van der Waals surface area contributed by atoms with Crippen LogP contribution in [-0.4, -0.2) is 29.9 Å². The van der Waals surface area contributed by atoms with E-state index in [-0.39, 0.29) is 36.7 Å². The van der Waals surface area contributed by atoms with Gasteiger partial charge in [-0.25, -0.2) is 4.98 Å². The molecule has 2 N–H and O–H groups in total. The Morgan fingerprint density at radius 1 is 1.13 bits per heavy atom. The topological polar surface area (TPSA) is 80.3 Å². The number of nitrogens with zero attached hydrogens (tertiary/aromatic N) is 1. The minimum atomic E-state index is -4.41. The van der Waals surface area contributed by atoms with Crippen LogP contribution in [0.2, 0.25) is 0 Å². The molecule has 1 aromatic heterocycles. The Morgan fingerprint density at radius 3 is 2.43 bits per heavy atom. The molecule has 0 spiro atoms. The van der Waals surface area contributed by atoms with Crippen LogP contribution in [0.1, 0.15) is 41.0 Å². The summed E-state index contributed by atoms with van der Waals surface area (Å²) in [6.45, 7) is 6.95. The number of rotatable bonds is 7. The zero-order chi connectivity index (χ0) is 22.5. The van der Waals surface area contributed by atoms with Crippen LogP contribution in [0.3, 0.4) is 0 Å². The van der Waals surface area contributed by atoms with Crippen LogP contribution >= 0.6 is 0 Å². The van der Waals surface area contributed by atoms with Crippen LogP contribution in [0.4, 0.5) is 19.0 Å². The fourth-order valence-electron chi connectivity index (χ4n) is 2.55. The van der Waals surface area contributed by atoms with Crippen LogP contribution in [0.5, 0.6) is 5.75 Å². The molecule has 30 heavy (non-hydrogen) atoms. The van der Waals surface area contributed by atoms with Gasteiger partial charge in [-0.3, -0.25) is 9.59 Å². The number of ether oxygens (including phenoxy) is 1. The number of aromatic nitrogens is 1. The van der Waals surface area contributed by atoms with E-state index in [1.165, 1.54) is 19.1 Å². The maximum Gasteiger partial charge on any atom is 0.416 e. The van der Waals surface area contributed by atoms with Crippen molar-refractivity contribution in [2.24, 2.45) is 5.92 Å². The summed E-state index contributed by atoms with van der Waals surface area (Å²) < 4.78 is 43.6. The third kappa shape index (κ3) is 6.47. The van der Waals surface area contributed by atoms with Gasteiger partial charge in [-0.1, -0.05) is 13.8 Å². The summed E-state index contributed by atoms with van der Waals surface area (Å²) in [6.07, 6.45) is -4.41. The quantitative estimate of drug-likeness (QED) is 0.657. The van der Waals surface area contributed by atoms with E-state index in [2.05, 4.69) is 15.6 Å². The highest BCUT2D eigenvalue weighted by Crippen LogP contribution is 2.32. The first kappa shape index (κ1) is 23.2. The molecule has 1 heterocycles. The van der Waals surface area contributed by atoms with Gasteiger partial charge in [0.25, 0.3) is 5.91 Å². The Balaban J connectivity index is 1.92. The molecule has 0 radical (unpaired) electrons. The van der Waals surface area contributed by atoms with Crippen molar-refractivity contribution in [3.63, 3.8) is 0 Å². The number of hydrogen-bond donors (Lipinski definition) is 2. The van der Waals surface area contributed by atoms with E-state index >= 15 is 0 Å². The van der Waals surface area contributed by atoms with Gasteiger partial charge in [0.2, 0.25) is 5.91 Å². The largest absolute Gasteiger partial charge is 0.491 e. The molecule has 162 valence electrons. The van der Waals surface area contributed by atoms with E-state index in [9.17, 15) is 22.8 Å². The van der Waals surface area contributed by atoms with Crippen molar-refractivity contribution in [3.8, 4) is 5.75 Å². The van der Waals surface area contributed by atoms with Crippen molar-refractivity contribution in [1.82, 2.24) is 10.3 Å². The molecule has 0 aliphatic carbocycles. The first-order chi connectivity index (χ1) is 14.0. The van der Waals surface area contributed by atoms with Crippen molar-refractivity contribution in [2.75, 3.05) is 18.5 Å². The number of aryl methyl sites for hydroxylation is 2. The molecule has 2 amide bonds. The highest BCUT2D eigenvalue weighted by molar-refractivity contribution is 5.97. The van der Waals surface area contributed by atoms with Gasteiger partial charge in [-0.2, -0.15) is 13.2 Å². The fourth-order valence-corrected chi connectivity index (χ4v) is 2.55. The van der Waals surface area contributed by atoms with Crippen LogP contribution in [0.25, 0.3) is 0 Å². The number of benzene rings is 1. The van der Waals surface area contributed by atoms with Crippen LogP contribution in [0.15, 0.2) is 30.3 Å². The SMILES string of the molecule is Cc1cc(C(=O)NCCOc2ccc(C(F)(F)F)cc2C)cc(NC(=O)C(C)C)n1. The zero-order valence-electron chi connectivity index (χ0n) is 17.2. The third-order valence-corrected chi connectivity index (χ3v) is 4.14. The number of nitrogens with one attached hydrogen (secondary N) is 2. The number of halogens is 3. The van der Waals surface area contributed by atoms with Crippen molar-refractivity contribution in [1.29, 1.82) is 0 Å². The average molecular weight is 423 g/mol. The van der Waals surface area contributed by atoms with Crippen LogP contribution in [0, 0.1) is 19.8 Å². The summed E-state index contributed by atoms with van der Waals surface area (Å²) in [5.74, 6) is -0.213. The molecule has 0 bridgehead atoms. The number of amides is 2. The number of hydrogen-bond acceptors (Lipinski definition) is 4. The summed E-state index contributed by atoms with van der Waals surface area (Å²) in [4.78, 5) is 28.4. The van der Waals surface area contributed by atoms with E-state index in [1.807, 2.05) is 0 Å². The summed E-state index contributed by atoms with van der Waals surface area (Å²) in [5.41, 5.74) is 0.506. The monoisotopic (exact) mass is 423 g/mol. The predicted molar refractivity (Wildman–Crippen MR) is 106 cm³/mol. The molecule has 1 aromatic carbocycles. The number of alkyl halides is 3. The van der Waals surface area contributed by atoms with Gasteiger partial charge in [0.15, 0.2) is 0 Å². The Hall–Kier alpha value is -3.10. The molecule has 0 aliphatic heterocycles. The molecule has 2 aromatic rings. The van der Waals surface area contributed by atoms with Crippen LogP contribution < -0.4 is 15.4 Å². The summed E-state index contributed by atoms with van der Waals surface area (Å²) in [7, 11) is 0. The lowest BCUT2D eigenvalue weighted by molar-refractivity contribution is -0.137. The smallest absolute Gasteiger partial charge is 0.416 e. The summed E-state index contributed by atoms with van der Waals surface area (Å²) in [5, 5.41) is 5.32. The van der Waals surface area contributed by atoms with Gasteiger partial charge in [0, 0.05) is 17.2 Å². The minimum absolute atomic E-state index is 0.0823. The molecule has 0 saturated heterocycles. The maximum atomic E-state index is 12.7. The summed E-state index contributed by atoms with van der Waals surface area (Å²) in [6, 6.07) is 6.29. The van der Waals surface area contributed by atoms with Crippen molar-refractivity contribution >= 4 is 17.6 Å². The standard InChI is InChI=1S/C21H24F3N3O3/c1-12(2)19(28)27-18-11-15(10-14(4)26-18)20(29)25-7-8-30-17-6-5-16(9-13(17)3)21(22,23)24/h5-6,9-12H,7-8H2,1-4H3,(H,25,29)(H,26,27,28). The molecule has 0 atom stereocenters. The Bertz CT molecular complexity index is 927. The molecular formula is C21H24F3N3O3. The number of anilines is 1. The van der Waals surface area contributed by atoms with Crippen molar-refractivity contribution in [2.45, 2.75) is 33.9 Å². The van der Waals surface area contributed by atoms with Gasteiger partial charge in [0.1, 0.15) is 18.2 Å². The zero-order valence-corrected chi connectivity index (χ0v) is 17.2. The van der Waals surface area contributed by atoms with E-state index in [0.29, 0.717) is 22.6 Å². The number of pyridine rings is 1. The normalized spacial score (nSPS) is 11.3. The minimum Gasteiger partial charge on any atom is -0.491 e. The lowest BCUT2D eigenvalue weighted by Crippen LogP contribution is -2.28. The molecule has 0 aliphatic rings. The van der Waals surface area contributed by atoms with Crippen LogP contribution in [-0.2, 0) is 11.0 Å². The van der Waals surface area contributed by atoms with Gasteiger partial charge >= 0.3 is 6.18 Å². The van der Waals surface area contributed by atoms with E-state index < -0.39 is 11.7 Å². The molecular weight excluding hydrogens is 399 g/mol. The second-order valence-corrected chi connectivity index (χ2v) is 7.11. The van der Waals surface area contributed by atoms with Gasteiger partial charge in [0.05, 0.1) is 12.1 Å². The van der Waals surface area contributed by atoms with Gasteiger partial charge < -0.3 is 15.4 Å². The van der Waals surface area contributed by atoms with Gasteiger partial charge in [-0.15, -0.1) is 0 Å². The fraction of sp³-hybridized carbons (Fsp3) is 0.381. The highest BCUT2D eigenvalue weighted by atomic mass is 19.4. The van der Waals surface area contributed by atoms with Crippen molar-refractivity contribution < 1.29 is 27.5 Å². The maximum absolute atomic E-state index is 12.7. The Kier molecular flexibility index (Phi) is 7.42.